The second-order valence-electron chi connectivity index (χ2n) is 8.16. The van der Waals surface area contributed by atoms with Gasteiger partial charge in [-0.3, -0.25) is 14.8 Å². The molecule has 4 aromatic heterocycles. The first-order valence-electron chi connectivity index (χ1n) is 11.1. The van der Waals surface area contributed by atoms with Crippen molar-refractivity contribution in [1.29, 1.82) is 0 Å². The molecule has 11 nitrogen and oxygen atoms in total. The molecule has 0 bridgehead atoms. The Bertz CT molecular complexity index is 1300. The van der Waals surface area contributed by atoms with Crippen molar-refractivity contribution in [2.24, 2.45) is 0 Å². The maximum absolute atomic E-state index is 13.1. The quantitative estimate of drug-likeness (QED) is 0.421. The number of rotatable bonds is 8. The number of carbonyl (C=O) groups excluding carboxylic acids is 1. The third kappa shape index (κ3) is 4.55. The number of ether oxygens (including phenoxy) is 2. The fraction of sp³-hybridized carbons (Fsp3) is 0.348. The summed E-state index contributed by atoms with van der Waals surface area (Å²) in [6.45, 7) is 3.87. The van der Waals surface area contributed by atoms with Gasteiger partial charge in [0, 0.05) is 6.20 Å². The van der Waals surface area contributed by atoms with Crippen LogP contribution in [0.5, 0.6) is 5.88 Å². The Morgan fingerprint density at radius 1 is 1.15 bits per heavy atom. The van der Waals surface area contributed by atoms with Gasteiger partial charge >= 0.3 is 0 Å². The van der Waals surface area contributed by atoms with E-state index in [1.165, 1.54) is 12.5 Å². The van der Waals surface area contributed by atoms with Gasteiger partial charge in [-0.1, -0.05) is 0 Å². The molecule has 1 aliphatic rings. The highest BCUT2D eigenvalue weighted by atomic mass is 16.5. The number of anilines is 1. The fourth-order valence-electron chi connectivity index (χ4n) is 3.49. The van der Waals surface area contributed by atoms with Crippen LogP contribution in [0.1, 0.15) is 30.5 Å². The molecular formula is C23H24N8O3. The van der Waals surface area contributed by atoms with Crippen molar-refractivity contribution in [2.75, 3.05) is 11.9 Å². The van der Waals surface area contributed by atoms with E-state index in [1.807, 2.05) is 19.9 Å². The van der Waals surface area contributed by atoms with E-state index < -0.39 is 12.0 Å². The van der Waals surface area contributed by atoms with Crippen molar-refractivity contribution in [3.63, 3.8) is 0 Å². The second kappa shape index (κ2) is 9.48. The number of amides is 1. The molecular weight excluding hydrogens is 436 g/mol. The summed E-state index contributed by atoms with van der Waals surface area (Å²) in [5, 5.41) is 7.77. The molecule has 1 saturated carbocycles. The number of nitrogens with zero attached hydrogens (tertiary/aromatic N) is 7. The van der Waals surface area contributed by atoms with Crippen LogP contribution in [-0.4, -0.2) is 59.4 Å². The number of aromatic nitrogens is 7. The van der Waals surface area contributed by atoms with Gasteiger partial charge in [-0.2, -0.15) is 5.10 Å². The summed E-state index contributed by atoms with van der Waals surface area (Å²) in [4.78, 5) is 34.3. The van der Waals surface area contributed by atoms with Crippen LogP contribution in [0, 0.1) is 13.8 Å². The van der Waals surface area contributed by atoms with Crippen LogP contribution in [0.3, 0.4) is 0 Å². The third-order valence-corrected chi connectivity index (χ3v) is 5.68. The molecule has 5 rings (SSSR count). The average Bonchev–Trinajstić information content (AvgIpc) is 3.24. The van der Waals surface area contributed by atoms with E-state index >= 15 is 0 Å². The molecule has 11 heteroatoms. The molecule has 4 aromatic rings. The zero-order valence-electron chi connectivity index (χ0n) is 18.9. The summed E-state index contributed by atoms with van der Waals surface area (Å²) in [5.74, 6) is 0.172. The van der Waals surface area contributed by atoms with Gasteiger partial charge in [-0.25, -0.2) is 19.6 Å². The lowest BCUT2D eigenvalue weighted by Gasteiger charge is -2.27. The zero-order chi connectivity index (χ0) is 23.5. The molecule has 1 atom stereocenters. The number of carbonyl (C=O) groups is 1. The van der Waals surface area contributed by atoms with Crippen molar-refractivity contribution in [3.05, 3.63) is 54.6 Å². The van der Waals surface area contributed by atoms with E-state index in [0.717, 1.165) is 36.2 Å². The van der Waals surface area contributed by atoms with Gasteiger partial charge in [0.15, 0.2) is 11.5 Å². The molecule has 0 unspecified atom stereocenters. The largest absolute Gasteiger partial charge is 0.461 e. The van der Waals surface area contributed by atoms with Crippen molar-refractivity contribution < 1.29 is 14.3 Å². The molecule has 0 spiro atoms. The predicted octanol–water partition coefficient (Wildman–Crippen LogP) is 2.57. The van der Waals surface area contributed by atoms with E-state index in [2.05, 4.69) is 35.3 Å². The lowest BCUT2D eigenvalue weighted by atomic mass is 9.96. The van der Waals surface area contributed by atoms with Crippen LogP contribution < -0.4 is 10.1 Å². The Hall–Kier alpha value is -3.99. The lowest BCUT2D eigenvalue weighted by Crippen LogP contribution is -2.39. The number of fused-ring (bicyclic) bond motifs is 1. The first kappa shape index (κ1) is 21.8. The van der Waals surface area contributed by atoms with E-state index in [0.29, 0.717) is 16.9 Å². The second-order valence-corrected chi connectivity index (χ2v) is 8.16. The molecule has 0 aliphatic heterocycles. The Kier molecular flexibility index (Phi) is 6.09. The van der Waals surface area contributed by atoms with Crippen molar-refractivity contribution in [1.82, 2.24) is 34.7 Å². The number of nitrogens with one attached hydrogen (secondary N) is 1. The molecule has 4 heterocycles. The molecule has 1 aliphatic carbocycles. The van der Waals surface area contributed by atoms with Crippen LogP contribution in [0.15, 0.2) is 43.4 Å². The van der Waals surface area contributed by atoms with Gasteiger partial charge < -0.3 is 14.8 Å². The summed E-state index contributed by atoms with van der Waals surface area (Å²) in [7, 11) is 0. The summed E-state index contributed by atoms with van der Waals surface area (Å²) in [5.41, 5.74) is 3.09. The molecule has 1 amide bonds. The van der Waals surface area contributed by atoms with E-state index in [9.17, 15) is 4.79 Å². The maximum atomic E-state index is 13.1. The Morgan fingerprint density at radius 2 is 2.03 bits per heavy atom. The van der Waals surface area contributed by atoms with Crippen LogP contribution in [0.25, 0.3) is 16.7 Å². The Labute approximate surface area is 195 Å². The number of hydrogen-bond donors (Lipinski definition) is 1. The molecule has 174 valence electrons. The molecule has 0 radical (unpaired) electrons. The van der Waals surface area contributed by atoms with Crippen LogP contribution in [-0.2, 0) is 9.53 Å². The fourth-order valence-corrected chi connectivity index (χ4v) is 3.49. The first-order chi connectivity index (χ1) is 16.6. The smallest absolute Gasteiger partial charge is 0.269 e. The zero-order valence-corrected chi connectivity index (χ0v) is 18.9. The van der Waals surface area contributed by atoms with E-state index in [4.69, 9.17) is 9.47 Å². The minimum Gasteiger partial charge on any atom is -0.461 e. The lowest BCUT2D eigenvalue weighted by molar-refractivity contribution is -0.128. The van der Waals surface area contributed by atoms with Crippen LogP contribution in [0.2, 0.25) is 0 Å². The monoisotopic (exact) mass is 460 g/mol. The standard InChI is InChI=1S/C23H24N8O3/c1-14-6-7-24-10-18(14)31-21-17(9-29-31)23(28-13-27-21)34-19(12-33-16-4-3-5-16)22(32)30-20-11-25-15(2)8-26-20/h6-11,13,16,19H,3-5,12H2,1-2H3,(H,26,30,32)/t19-/m0/s1. The third-order valence-electron chi connectivity index (χ3n) is 5.68. The summed E-state index contributed by atoms with van der Waals surface area (Å²) in [6.07, 6.45) is 11.8. The van der Waals surface area contributed by atoms with Gasteiger partial charge in [-0.05, 0) is 44.7 Å². The summed E-state index contributed by atoms with van der Waals surface area (Å²) >= 11 is 0. The molecule has 1 N–H and O–H groups in total. The minimum atomic E-state index is -0.953. The summed E-state index contributed by atoms with van der Waals surface area (Å²) in [6, 6.07) is 1.90. The molecule has 1 fully saturated rings. The highest BCUT2D eigenvalue weighted by Crippen LogP contribution is 2.26. The highest BCUT2D eigenvalue weighted by Gasteiger charge is 2.27. The summed E-state index contributed by atoms with van der Waals surface area (Å²) < 4.78 is 13.7. The minimum absolute atomic E-state index is 0.0805. The Morgan fingerprint density at radius 3 is 2.76 bits per heavy atom. The average molecular weight is 460 g/mol. The number of aryl methyl sites for hydroxylation is 2. The van der Waals surface area contributed by atoms with Crippen LogP contribution >= 0.6 is 0 Å². The SMILES string of the molecule is Cc1cnc(NC(=O)[C@H](COC2CCC2)Oc2ncnc3c2cnn3-c2cnccc2C)cn1. The van der Waals surface area contributed by atoms with Gasteiger partial charge in [0.2, 0.25) is 12.0 Å². The van der Waals surface area contributed by atoms with Crippen molar-refractivity contribution >= 4 is 22.8 Å². The Balaban J connectivity index is 1.41. The maximum Gasteiger partial charge on any atom is 0.269 e. The molecule has 34 heavy (non-hydrogen) atoms. The topological polar surface area (TPSA) is 130 Å². The first-order valence-corrected chi connectivity index (χ1v) is 11.1. The van der Waals surface area contributed by atoms with E-state index in [-0.39, 0.29) is 18.6 Å². The van der Waals surface area contributed by atoms with Crippen molar-refractivity contribution in [2.45, 2.75) is 45.3 Å². The van der Waals surface area contributed by atoms with Gasteiger partial charge in [-0.15, -0.1) is 0 Å². The van der Waals surface area contributed by atoms with Gasteiger partial charge in [0.1, 0.15) is 11.7 Å². The number of pyridine rings is 1. The van der Waals surface area contributed by atoms with E-state index in [1.54, 1.807) is 29.5 Å². The van der Waals surface area contributed by atoms with Crippen molar-refractivity contribution in [3.8, 4) is 11.6 Å². The van der Waals surface area contributed by atoms with Crippen LogP contribution in [0.4, 0.5) is 5.82 Å². The highest BCUT2D eigenvalue weighted by molar-refractivity contribution is 5.94. The molecule has 0 aromatic carbocycles. The molecule has 0 saturated heterocycles. The van der Waals surface area contributed by atoms with Gasteiger partial charge in [0.05, 0.1) is 48.9 Å². The predicted molar refractivity (Wildman–Crippen MR) is 123 cm³/mol. The van der Waals surface area contributed by atoms with Gasteiger partial charge in [0.25, 0.3) is 5.91 Å². The normalized spacial score (nSPS) is 14.5. The number of hydrogen-bond acceptors (Lipinski definition) is 9.